The van der Waals surface area contributed by atoms with Crippen molar-refractivity contribution < 1.29 is 19.1 Å². The van der Waals surface area contributed by atoms with Crippen LogP contribution in [0.1, 0.15) is 12.8 Å². The van der Waals surface area contributed by atoms with Gasteiger partial charge in [0.1, 0.15) is 11.5 Å². The first kappa shape index (κ1) is 25.1. The van der Waals surface area contributed by atoms with Crippen molar-refractivity contribution >= 4 is 29.0 Å². The fourth-order valence-electron chi connectivity index (χ4n) is 4.14. The van der Waals surface area contributed by atoms with Gasteiger partial charge in [0.25, 0.3) is 0 Å². The number of likely N-dealkylation sites (N-methyl/N-ethyl adjacent to an activating group) is 1. The molecule has 3 amide bonds. The average Bonchev–Trinajstić information content (AvgIpc) is 3.39. The van der Waals surface area contributed by atoms with Gasteiger partial charge < -0.3 is 29.9 Å². The number of nitrogens with one attached hydrogen (secondary N) is 2. The van der Waals surface area contributed by atoms with E-state index >= 15 is 0 Å². The maximum absolute atomic E-state index is 12.4. The van der Waals surface area contributed by atoms with E-state index in [1.165, 1.54) is 0 Å². The van der Waals surface area contributed by atoms with E-state index in [0.29, 0.717) is 30.2 Å². The van der Waals surface area contributed by atoms with E-state index in [1.807, 2.05) is 78.7 Å². The number of amides is 3. The van der Waals surface area contributed by atoms with Gasteiger partial charge in [-0.2, -0.15) is 0 Å². The second-order valence-corrected chi connectivity index (χ2v) is 8.70. The molecule has 1 heterocycles. The number of hydrogen-bond acceptors (Lipinski definition) is 5. The molecule has 1 fully saturated rings. The van der Waals surface area contributed by atoms with Gasteiger partial charge in [-0.15, -0.1) is 0 Å². The molecular weight excluding hydrogens is 456 g/mol. The number of benzene rings is 3. The van der Waals surface area contributed by atoms with Crippen molar-refractivity contribution in [2.24, 2.45) is 0 Å². The van der Waals surface area contributed by atoms with Gasteiger partial charge in [0.2, 0.25) is 5.91 Å². The Labute approximate surface area is 211 Å². The summed E-state index contributed by atoms with van der Waals surface area (Å²) in [5, 5.41) is 5.69. The summed E-state index contributed by atoms with van der Waals surface area (Å²) in [7, 11) is 3.47. The summed E-state index contributed by atoms with van der Waals surface area (Å²) in [6.07, 6.45) is 1.32. The smallest absolute Gasteiger partial charge is 0.323 e. The third-order valence-electron chi connectivity index (χ3n) is 6.21. The first-order chi connectivity index (χ1) is 17.5. The maximum atomic E-state index is 12.4. The summed E-state index contributed by atoms with van der Waals surface area (Å²) in [5.41, 5.74) is 2.43. The Morgan fingerprint density at radius 1 is 0.917 bits per heavy atom. The molecule has 8 heteroatoms. The Bertz CT molecular complexity index is 1140. The number of methoxy groups -OCH3 is 1. The second-order valence-electron chi connectivity index (χ2n) is 8.70. The number of hydrogen-bond donors (Lipinski definition) is 2. The van der Waals surface area contributed by atoms with Crippen molar-refractivity contribution in [3.63, 3.8) is 0 Å². The van der Waals surface area contributed by atoms with Gasteiger partial charge in [-0.1, -0.05) is 18.2 Å². The van der Waals surface area contributed by atoms with Crippen molar-refractivity contribution in [1.82, 2.24) is 4.90 Å². The van der Waals surface area contributed by atoms with E-state index in [2.05, 4.69) is 15.5 Å². The number of anilines is 3. The highest BCUT2D eigenvalue weighted by Gasteiger charge is 2.28. The summed E-state index contributed by atoms with van der Waals surface area (Å²) < 4.78 is 10.8. The van der Waals surface area contributed by atoms with Gasteiger partial charge in [-0.05, 0) is 67.1 Å². The number of nitrogens with zero attached hydrogens (tertiary/aromatic N) is 2. The first-order valence-electron chi connectivity index (χ1n) is 12.0. The van der Waals surface area contributed by atoms with Crippen LogP contribution in [-0.2, 0) is 9.53 Å². The molecule has 0 aromatic heterocycles. The molecule has 0 radical (unpaired) electrons. The largest absolute Gasteiger partial charge is 0.457 e. The number of carbonyl (C=O) groups excluding carboxylic acids is 2. The highest BCUT2D eigenvalue weighted by molar-refractivity contribution is 5.99. The number of ether oxygens (including phenoxy) is 2. The van der Waals surface area contributed by atoms with Gasteiger partial charge in [0.05, 0.1) is 19.1 Å². The first-order valence-corrected chi connectivity index (χ1v) is 12.0. The Hall–Kier alpha value is -4.04. The molecular formula is C28H32N4O4. The molecule has 36 heavy (non-hydrogen) atoms. The minimum atomic E-state index is -0.322. The zero-order valence-corrected chi connectivity index (χ0v) is 20.6. The topological polar surface area (TPSA) is 83.1 Å². The number of rotatable bonds is 9. The van der Waals surface area contributed by atoms with Crippen molar-refractivity contribution in [2.75, 3.05) is 49.4 Å². The molecule has 0 bridgehead atoms. The van der Waals surface area contributed by atoms with Gasteiger partial charge in [-0.3, -0.25) is 4.79 Å². The van der Waals surface area contributed by atoms with E-state index in [0.717, 1.165) is 30.9 Å². The number of para-hydroxylation sites is 1. The van der Waals surface area contributed by atoms with Crippen molar-refractivity contribution in [3.8, 4) is 11.5 Å². The Kier molecular flexibility index (Phi) is 8.41. The van der Waals surface area contributed by atoms with Crippen LogP contribution in [0.5, 0.6) is 11.5 Å². The minimum absolute atomic E-state index is 0.104. The highest BCUT2D eigenvalue weighted by Crippen LogP contribution is 2.25. The summed E-state index contributed by atoms with van der Waals surface area (Å²) in [6, 6.07) is 24.3. The maximum Gasteiger partial charge on any atom is 0.323 e. The monoisotopic (exact) mass is 488 g/mol. The van der Waals surface area contributed by atoms with Crippen LogP contribution in [0, 0.1) is 0 Å². The van der Waals surface area contributed by atoms with E-state index in [9.17, 15) is 9.59 Å². The zero-order valence-electron chi connectivity index (χ0n) is 20.6. The summed E-state index contributed by atoms with van der Waals surface area (Å²) in [4.78, 5) is 28.8. The van der Waals surface area contributed by atoms with Gasteiger partial charge >= 0.3 is 6.03 Å². The fraction of sp³-hybridized carbons (Fsp3) is 0.286. The molecule has 1 aliphatic rings. The highest BCUT2D eigenvalue weighted by atomic mass is 16.5. The third-order valence-corrected chi connectivity index (χ3v) is 6.21. The van der Waals surface area contributed by atoms with Crippen LogP contribution in [0.3, 0.4) is 0 Å². The SMILES string of the molecule is COCCC(=O)N(C)C1CCN(c2ccc(NC(=O)Nc3ccc(Oc4ccccc4)cc3)cc2)C1. The quantitative estimate of drug-likeness (QED) is 0.433. The lowest BCUT2D eigenvalue weighted by atomic mass is 10.2. The molecule has 1 saturated heterocycles. The van der Waals surface area contributed by atoms with Crippen LogP contribution in [0.2, 0.25) is 0 Å². The molecule has 0 saturated carbocycles. The summed E-state index contributed by atoms with van der Waals surface area (Å²) >= 11 is 0. The second kappa shape index (κ2) is 12.1. The van der Waals surface area contributed by atoms with E-state index in [-0.39, 0.29) is 18.0 Å². The molecule has 188 valence electrons. The van der Waals surface area contributed by atoms with E-state index in [4.69, 9.17) is 9.47 Å². The predicted molar refractivity (Wildman–Crippen MR) is 142 cm³/mol. The van der Waals surface area contributed by atoms with Gasteiger partial charge in [0, 0.05) is 44.3 Å². The predicted octanol–water partition coefficient (Wildman–Crippen LogP) is 5.20. The molecule has 8 nitrogen and oxygen atoms in total. The summed E-state index contributed by atoms with van der Waals surface area (Å²) in [6.45, 7) is 2.10. The lowest BCUT2D eigenvalue weighted by molar-refractivity contribution is -0.132. The van der Waals surface area contributed by atoms with Crippen molar-refractivity contribution in [1.29, 1.82) is 0 Å². The third kappa shape index (κ3) is 6.76. The van der Waals surface area contributed by atoms with Crippen molar-refractivity contribution in [2.45, 2.75) is 18.9 Å². The molecule has 1 atom stereocenters. The molecule has 4 rings (SSSR count). The van der Waals surface area contributed by atoms with Crippen LogP contribution < -0.4 is 20.3 Å². The molecule has 1 unspecified atom stereocenters. The normalized spacial score (nSPS) is 14.8. The zero-order chi connectivity index (χ0) is 25.3. The van der Waals surface area contributed by atoms with Crippen LogP contribution in [0.15, 0.2) is 78.9 Å². The molecule has 3 aromatic carbocycles. The Morgan fingerprint density at radius 3 is 2.17 bits per heavy atom. The minimum Gasteiger partial charge on any atom is -0.457 e. The standard InChI is InChI=1S/C28H32N4O4/c1-31(27(33)17-19-35-2)24-16-18-32(20-24)23-12-8-21(9-13-23)29-28(34)30-22-10-14-26(15-11-22)36-25-6-4-3-5-7-25/h3-15,24H,16-20H2,1-2H3,(H2,29,30,34). The molecule has 2 N–H and O–H groups in total. The molecule has 0 aliphatic carbocycles. The Morgan fingerprint density at radius 2 is 1.53 bits per heavy atom. The fourth-order valence-corrected chi connectivity index (χ4v) is 4.14. The van der Waals surface area contributed by atoms with Crippen LogP contribution in [0.25, 0.3) is 0 Å². The molecule has 0 spiro atoms. The van der Waals surface area contributed by atoms with Crippen LogP contribution in [0.4, 0.5) is 21.9 Å². The van der Waals surface area contributed by atoms with E-state index in [1.54, 1.807) is 19.2 Å². The van der Waals surface area contributed by atoms with Crippen molar-refractivity contribution in [3.05, 3.63) is 78.9 Å². The van der Waals surface area contributed by atoms with E-state index < -0.39 is 0 Å². The lowest BCUT2D eigenvalue weighted by Gasteiger charge is -2.25. The molecule has 1 aliphatic heterocycles. The average molecular weight is 489 g/mol. The lowest BCUT2D eigenvalue weighted by Crippen LogP contribution is -2.39. The van der Waals surface area contributed by atoms with Crippen LogP contribution in [-0.4, -0.2) is 56.7 Å². The van der Waals surface area contributed by atoms with Gasteiger partial charge in [0.15, 0.2) is 0 Å². The number of carbonyl (C=O) groups is 2. The van der Waals surface area contributed by atoms with Crippen LogP contribution >= 0.6 is 0 Å². The van der Waals surface area contributed by atoms with Gasteiger partial charge in [-0.25, -0.2) is 4.79 Å². The molecule has 3 aromatic rings. The summed E-state index contributed by atoms with van der Waals surface area (Å²) in [5.74, 6) is 1.55. The Balaban J connectivity index is 1.25. The number of urea groups is 1.